The largest absolute Gasteiger partial charge is 0.497 e. The van der Waals surface area contributed by atoms with Crippen molar-refractivity contribution in [3.05, 3.63) is 125 Å². The topological polar surface area (TPSA) is 165 Å². The van der Waals surface area contributed by atoms with Gasteiger partial charge in [-0.3, -0.25) is 23.3 Å². The average Bonchev–Trinajstić information content (AvgIpc) is 3.98. The van der Waals surface area contributed by atoms with E-state index in [-0.39, 0.29) is 34.0 Å². The predicted octanol–water partition coefficient (Wildman–Crippen LogP) is 7.03. The van der Waals surface area contributed by atoms with Gasteiger partial charge in [0.05, 0.1) is 36.0 Å². The maximum Gasteiger partial charge on any atom is 0.336 e. The molecule has 3 aromatic carbocycles. The van der Waals surface area contributed by atoms with E-state index in [9.17, 15) is 14.4 Å². The van der Waals surface area contributed by atoms with Gasteiger partial charge in [0.25, 0.3) is 11.1 Å². The van der Waals surface area contributed by atoms with Crippen LogP contribution in [0.5, 0.6) is 11.5 Å². The fourth-order valence-corrected chi connectivity index (χ4v) is 8.74. The Morgan fingerprint density at radius 1 is 0.919 bits per heavy atom. The van der Waals surface area contributed by atoms with Gasteiger partial charge in [0, 0.05) is 77.1 Å². The van der Waals surface area contributed by atoms with Crippen LogP contribution in [0.1, 0.15) is 43.7 Å². The number of fused-ring (bicyclic) bond motifs is 2. The smallest absolute Gasteiger partial charge is 0.336 e. The van der Waals surface area contributed by atoms with Crippen LogP contribution in [0.2, 0.25) is 0 Å². The molecule has 0 atom stereocenters. The van der Waals surface area contributed by atoms with Gasteiger partial charge < -0.3 is 35.3 Å². The Hall–Kier alpha value is -6.21. The van der Waals surface area contributed by atoms with Crippen molar-refractivity contribution in [1.82, 2.24) is 34.0 Å². The van der Waals surface area contributed by atoms with Crippen LogP contribution in [0.4, 0.5) is 33.1 Å². The van der Waals surface area contributed by atoms with Crippen molar-refractivity contribution in [2.45, 2.75) is 51.1 Å². The van der Waals surface area contributed by atoms with Crippen LogP contribution in [0, 0.1) is 16.3 Å². The first kappa shape index (κ1) is 41.2. The lowest BCUT2D eigenvalue weighted by Crippen LogP contribution is -2.43. The number of rotatable bonds is 14. The summed E-state index contributed by atoms with van der Waals surface area (Å²) in [5.41, 5.74) is 1.55. The third-order valence-electron chi connectivity index (χ3n) is 11.6. The Labute approximate surface area is 369 Å². The molecule has 1 aliphatic carbocycles. The van der Waals surface area contributed by atoms with Crippen LogP contribution in [-0.4, -0.2) is 68.0 Å². The second-order valence-corrected chi connectivity index (χ2v) is 17.0. The van der Waals surface area contributed by atoms with Gasteiger partial charge in [-0.05, 0) is 111 Å². The van der Waals surface area contributed by atoms with Crippen molar-refractivity contribution in [2.75, 3.05) is 48.9 Å². The number of benzene rings is 3. The highest BCUT2D eigenvalue weighted by Crippen LogP contribution is 2.35. The summed E-state index contributed by atoms with van der Waals surface area (Å²) >= 11 is 2.02. The van der Waals surface area contributed by atoms with Crippen LogP contribution < -0.4 is 47.1 Å². The van der Waals surface area contributed by atoms with Gasteiger partial charge in [0.1, 0.15) is 46.3 Å². The lowest BCUT2D eigenvalue weighted by molar-refractivity contribution is 0.299. The Kier molecular flexibility index (Phi) is 11.5. The minimum absolute atomic E-state index is 0.0934. The molecule has 1 aliphatic heterocycles. The Morgan fingerprint density at radius 2 is 1.73 bits per heavy atom. The molecule has 1 saturated carbocycles. The minimum Gasteiger partial charge on any atom is -0.497 e. The number of nitrogens with one attached hydrogen (secondary N) is 4. The molecule has 0 amide bonds. The summed E-state index contributed by atoms with van der Waals surface area (Å²) in [6.45, 7) is 4.75. The molecule has 62 heavy (non-hydrogen) atoms. The number of hydrogen-bond acceptors (Lipinski definition) is 11. The van der Waals surface area contributed by atoms with E-state index >= 15 is 4.39 Å². The molecular weight excluding hydrogens is 906 g/mol. The Balaban J connectivity index is 0.922. The number of aromatic amines is 1. The first-order chi connectivity index (χ1) is 30.1. The number of hydrogen-bond donors (Lipinski definition) is 4. The number of piperidine rings is 1. The molecule has 4 aromatic heterocycles. The molecule has 4 N–H and O–H groups in total. The van der Waals surface area contributed by atoms with Crippen molar-refractivity contribution in [3.63, 3.8) is 0 Å². The van der Waals surface area contributed by atoms with Crippen molar-refractivity contribution in [3.8, 4) is 17.2 Å². The summed E-state index contributed by atoms with van der Waals surface area (Å²) in [5.74, 6) is 1.76. The summed E-state index contributed by atoms with van der Waals surface area (Å²) in [5, 5.41) is 11.3. The number of ether oxygens (including phenoxy) is 2. The summed E-state index contributed by atoms with van der Waals surface area (Å²) in [6.07, 6.45) is 7.69. The standard InChI is InChI=1S/C45H46FIN10O5/c1-26-39-38(42(54(2)43(26)58)53-37-11-8-27(47)20-36(37)46)44(59)57(31-9-10-31)45(60)56(39)32-7-4-6-29(21-32)52-30-22-33(61-3)24-34(23-30)62-19-5-15-48-28-13-17-55(18-14-28)41-35-12-16-49-40(35)50-25-51-41/h4,6-8,11-12,16,20-25,28,31,48,52-53H,5,9-10,13-15,17-19H2,1-3H3,(H,49,50,51). The van der Waals surface area contributed by atoms with Crippen molar-refractivity contribution in [1.29, 1.82) is 0 Å². The van der Waals surface area contributed by atoms with E-state index in [2.05, 4.69) is 35.8 Å². The summed E-state index contributed by atoms with van der Waals surface area (Å²) in [7, 11) is 3.12. The number of aryl methyl sites for hydroxylation is 1. The van der Waals surface area contributed by atoms with E-state index in [4.69, 9.17) is 9.47 Å². The van der Waals surface area contributed by atoms with E-state index in [1.54, 1.807) is 50.7 Å². The highest BCUT2D eigenvalue weighted by Gasteiger charge is 2.32. The summed E-state index contributed by atoms with van der Waals surface area (Å²) in [6, 6.07) is 19.6. The fraction of sp³-hybridized carbons (Fsp3) is 0.311. The van der Waals surface area contributed by atoms with Crippen LogP contribution >= 0.6 is 22.6 Å². The first-order valence-electron chi connectivity index (χ1n) is 20.7. The second-order valence-electron chi connectivity index (χ2n) is 15.8. The zero-order valence-corrected chi connectivity index (χ0v) is 36.7. The minimum atomic E-state index is -0.553. The number of aromatic nitrogens is 6. The van der Waals surface area contributed by atoms with E-state index < -0.39 is 22.6 Å². The molecule has 2 fully saturated rings. The van der Waals surface area contributed by atoms with Gasteiger partial charge in [0.15, 0.2) is 0 Å². The number of nitrogens with zero attached hydrogens (tertiary/aromatic N) is 6. The normalized spacial score (nSPS) is 14.4. The van der Waals surface area contributed by atoms with Crippen molar-refractivity contribution < 1.29 is 13.9 Å². The predicted molar refractivity (Wildman–Crippen MR) is 248 cm³/mol. The molecule has 2 aliphatic rings. The Bertz CT molecular complexity index is 3010. The summed E-state index contributed by atoms with van der Waals surface area (Å²) in [4.78, 5) is 56.9. The molecule has 1 saturated heterocycles. The number of halogens is 2. The highest BCUT2D eigenvalue weighted by atomic mass is 127. The molecule has 0 spiro atoms. The van der Waals surface area contributed by atoms with Crippen molar-refractivity contribution in [2.24, 2.45) is 7.05 Å². The number of H-pyrrole nitrogens is 1. The lowest BCUT2D eigenvalue weighted by Gasteiger charge is -2.33. The van der Waals surface area contributed by atoms with Crippen LogP contribution in [0.25, 0.3) is 27.6 Å². The zero-order chi connectivity index (χ0) is 43.1. The van der Waals surface area contributed by atoms with Crippen LogP contribution in [0.3, 0.4) is 0 Å². The van der Waals surface area contributed by atoms with Crippen molar-refractivity contribution >= 4 is 73.2 Å². The van der Waals surface area contributed by atoms with Gasteiger partial charge in [-0.25, -0.2) is 19.2 Å². The second kappa shape index (κ2) is 17.3. The number of methoxy groups -OCH3 is 1. The van der Waals surface area contributed by atoms with E-state index in [1.807, 2.05) is 59.1 Å². The molecule has 0 radical (unpaired) electrons. The molecule has 9 rings (SSSR count). The molecule has 7 aromatic rings. The molecule has 320 valence electrons. The molecule has 5 heterocycles. The number of anilines is 5. The first-order valence-corrected chi connectivity index (χ1v) is 21.7. The third kappa shape index (κ3) is 8.13. The van der Waals surface area contributed by atoms with E-state index in [0.29, 0.717) is 57.6 Å². The van der Waals surface area contributed by atoms with Gasteiger partial charge in [0.2, 0.25) is 0 Å². The Morgan fingerprint density at radius 3 is 2.50 bits per heavy atom. The quantitative estimate of drug-likeness (QED) is 0.0654. The molecule has 0 bridgehead atoms. The van der Waals surface area contributed by atoms with Crippen LogP contribution in [-0.2, 0) is 7.05 Å². The van der Waals surface area contributed by atoms with Gasteiger partial charge in [-0.15, -0.1) is 0 Å². The average molecular weight is 953 g/mol. The van der Waals surface area contributed by atoms with E-state index in [1.165, 1.54) is 26.8 Å². The fourth-order valence-electron chi connectivity index (χ4n) is 8.28. The van der Waals surface area contributed by atoms with E-state index in [0.717, 1.165) is 55.7 Å². The molecule has 0 unspecified atom stereocenters. The maximum absolute atomic E-state index is 15.2. The maximum atomic E-state index is 15.2. The summed E-state index contributed by atoms with van der Waals surface area (Å²) < 4.78 is 31.7. The highest BCUT2D eigenvalue weighted by molar-refractivity contribution is 14.1. The lowest BCUT2D eigenvalue weighted by atomic mass is 10.0. The van der Waals surface area contributed by atoms with Gasteiger partial charge >= 0.3 is 5.69 Å². The van der Waals surface area contributed by atoms with Crippen LogP contribution in [0.15, 0.2) is 93.6 Å². The molecule has 15 nitrogen and oxygen atoms in total. The van der Waals surface area contributed by atoms with Gasteiger partial charge in [-0.1, -0.05) is 6.07 Å². The SMILES string of the molecule is COc1cc(Nc2cccc(-n3c(=O)n(C4CC4)c(=O)c4c(Nc5ccc(I)cc5F)n(C)c(=O)c(C)c43)c2)cc(OCCCNC2CCN(c3ncnc4[nH]ccc34)CC2)c1. The zero-order valence-electron chi connectivity index (χ0n) is 34.5. The molecular formula is C45H46FIN10O5. The number of pyridine rings is 1. The monoisotopic (exact) mass is 952 g/mol. The third-order valence-corrected chi connectivity index (χ3v) is 12.3. The van der Waals surface area contributed by atoms with Gasteiger partial charge in [-0.2, -0.15) is 0 Å². The molecule has 17 heteroatoms.